The fraction of sp³-hybridized carbons (Fsp3) is 0.688. The third-order valence-electron chi connectivity index (χ3n) is 5.16. The first kappa shape index (κ1) is 20.6. The molecule has 2 atom stereocenters. The molecule has 2 fully saturated rings. The standard InChI is InChI=1S/C16H25N3O3S2.ClH/c1-16(11-17)7-9-18(12-16)15(20)13-5-2-3-8-19(13)24(21,22)14-6-4-10-23-14;/h4,6,10,13H,2-3,5,7-9,11-12,17H2,1H3;1H. The smallest absolute Gasteiger partial charge is 0.253 e. The van der Waals surface area contributed by atoms with Crippen LogP contribution in [0.3, 0.4) is 0 Å². The first-order chi connectivity index (χ1) is 11.4. The van der Waals surface area contributed by atoms with Gasteiger partial charge in [0.15, 0.2) is 0 Å². The topological polar surface area (TPSA) is 83.7 Å². The Hall–Kier alpha value is -0.670. The molecule has 2 N–H and O–H groups in total. The van der Waals surface area contributed by atoms with Crippen molar-refractivity contribution >= 4 is 39.7 Å². The number of rotatable bonds is 4. The second-order valence-corrected chi connectivity index (χ2v) is 10.1. The number of sulfonamides is 1. The average Bonchev–Trinajstić information content (AvgIpc) is 3.25. The zero-order valence-electron chi connectivity index (χ0n) is 14.4. The van der Waals surface area contributed by atoms with Crippen molar-refractivity contribution in [2.45, 2.75) is 42.9 Å². The number of thiophene rings is 1. The number of nitrogens with two attached hydrogens (primary N) is 1. The molecule has 0 spiro atoms. The van der Waals surface area contributed by atoms with Crippen molar-refractivity contribution in [1.82, 2.24) is 9.21 Å². The van der Waals surface area contributed by atoms with Crippen molar-refractivity contribution in [3.8, 4) is 0 Å². The van der Waals surface area contributed by atoms with Crippen molar-refractivity contribution in [3.05, 3.63) is 17.5 Å². The van der Waals surface area contributed by atoms with Gasteiger partial charge < -0.3 is 10.6 Å². The molecule has 25 heavy (non-hydrogen) atoms. The maximum Gasteiger partial charge on any atom is 0.253 e. The molecule has 1 amide bonds. The molecule has 6 nitrogen and oxygen atoms in total. The summed E-state index contributed by atoms with van der Waals surface area (Å²) in [5.74, 6) is -0.0630. The highest BCUT2D eigenvalue weighted by Gasteiger charge is 2.43. The van der Waals surface area contributed by atoms with Crippen LogP contribution in [0.5, 0.6) is 0 Å². The van der Waals surface area contributed by atoms with E-state index in [-0.39, 0.29) is 23.7 Å². The van der Waals surface area contributed by atoms with Gasteiger partial charge in [0.1, 0.15) is 10.3 Å². The third-order valence-corrected chi connectivity index (χ3v) is 8.44. The zero-order valence-corrected chi connectivity index (χ0v) is 16.8. The molecular formula is C16H26ClN3O3S2. The van der Waals surface area contributed by atoms with Crippen molar-refractivity contribution in [1.29, 1.82) is 0 Å². The van der Waals surface area contributed by atoms with Gasteiger partial charge in [-0.1, -0.05) is 19.4 Å². The molecule has 9 heteroatoms. The zero-order chi connectivity index (χ0) is 17.4. The second-order valence-electron chi connectivity index (χ2n) is 7.08. The van der Waals surface area contributed by atoms with Gasteiger partial charge in [-0.15, -0.1) is 23.7 Å². The quantitative estimate of drug-likeness (QED) is 0.826. The van der Waals surface area contributed by atoms with Crippen LogP contribution in [-0.4, -0.2) is 55.8 Å². The van der Waals surface area contributed by atoms with E-state index in [1.54, 1.807) is 22.4 Å². The lowest BCUT2D eigenvalue weighted by molar-refractivity contribution is -0.135. The van der Waals surface area contributed by atoms with E-state index in [1.807, 2.05) is 0 Å². The SMILES string of the molecule is CC1(CN)CCN(C(=O)C2CCCCN2S(=O)(=O)c2cccs2)C1.Cl. The van der Waals surface area contributed by atoms with Crippen LogP contribution in [0.2, 0.25) is 0 Å². The molecule has 2 aliphatic heterocycles. The molecule has 142 valence electrons. The van der Waals surface area contributed by atoms with E-state index in [9.17, 15) is 13.2 Å². The van der Waals surface area contributed by atoms with Gasteiger partial charge in [-0.05, 0) is 42.7 Å². The fourth-order valence-electron chi connectivity index (χ4n) is 3.55. The van der Waals surface area contributed by atoms with Gasteiger partial charge in [-0.3, -0.25) is 4.79 Å². The Morgan fingerprint density at radius 1 is 1.40 bits per heavy atom. The summed E-state index contributed by atoms with van der Waals surface area (Å²) in [5.41, 5.74) is 5.77. The number of carbonyl (C=O) groups is 1. The summed E-state index contributed by atoms with van der Waals surface area (Å²) < 4.78 is 27.5. The molecule has 2 unspecified atom stereocenters. The third kappa shape index (κ3) is 4.03. The molecule has 0 bridgehead atoms. The van der Waals surface area contributed by atoms with E-state index in [0.29, 0.717) is 36.8 Å². The molecule has 1 aromatic rings. The van der Waals surface area contributed by atoms with Crippen LogP contribution < -0.4 is 5.73 Å². The molecule has 3 heterocycles. The highest BCUT2D eigenvalue weighted by atomic mass is 35.5. The molecule has 2 saturated heterocycles. The van der Waals surface area contributed by atoms with Crippen molar-refractivity contribution < 1.29 is 13.2 Å². The Bertz CT molecular complexity index is 695. The van der Waals surface area contributed by atoms with Gasteiger partial charge in [0.25, 0.3) is 10.0 Å². The maximum absolute atomic E-state index is 13.0. The maximum atomic E-state index is 13.0. The number of hydrogen-bond donors (Lipinski definition) is 1. The number of piperidine rings is 1. The predicted octanol–water partition coefficient (Wildman–Crippen LogP) is 1.91. The van der Waals surface area contributed by atoms with Gasteiger partial charge in [-0.2, -0.15) is 4.31 Å². The number of likely N-dealkylation sites (tertiary alicyclic amines) is 1. The summed E-state index contributed by atoms with van der Waals surface area (Å²) >= 11 is 1.20. The molecule has 0 saturated carbocycles. The van der Waals surface area contributed by atoms with Crippen LogP contribution in [0, 0.1) is 5.41 Å². The van der Waals surface area contributed by atoms with Gasteiger partial charge in [-0.25, -0.2) is 8.42 Å². The molecule has 1 aromatic heterocycles. The Labute approximate surface area is 159 Å². The minimum atomic E-state index is -3.60. The first-order valence-corrected chi connectivity index (χ1v) is 10.7. The lowest BCUT2D eigenvalue weighted by Gasteiger charge is -2.35. The monoisotopic (exact) mass is 407 g/mol. The van der Waals surface area contributed by atoms with Gasteiger partial charge in [0, 0.05) is 19.6 Å². The second kappa shape index (κ2) is 7.92. The van der Waals surface area contributed by atoms with E-state index in [1.165, 1.54) is 15.6 Å². The number of nitrogens with zero attached hydrogens (tertiary/aromatic N) is 2. The molecule has 3 rings (SSSR count). The number of halogens is 1. The largest absolute Gasteiger partial charge is 0.341 e. The van der Waals surface area contributed by atoms with Crippen LogP contribution in [0.25, 0.3) is 0 Å². The molecule has 0 radical (unpaired) electrons. The summed E-state index contributed by atoms with van der Waals surface area (Å²) in [6, 6.07) is 2.76. The molecule has 2 aliphatic rings. The Morgan fingerprint density at radius 2 is 2.16 bits per heavy atom. The lowest BCUT2D eigenvalue weighted by Crippen LogP contribution is -2.52. The van der Waals surface area contributed by atoms with E-state index < -0.39 is 16.1 Å². The van der Waals surface area contributed by atoms with Crippen LogP contribution in [0.1, 0.15) is 32.6 Å². The molecule has 0 aromatic carbocycles. The van der Waals surface area contributed by atoms with Crippen molar-refractivity contribution in [2.75, 3.05) is 26.2 Å². The van der Waals surface area contributed by atoms with E-state index >= 15 is 0 Å². The lowest BCUT2D eigenvalue weighted by atomic mass is 9.90. The Balaban J connectivity index is 0.00000225. The highest BCUT2D eigenvalue weighted by molar-refractivity contribution is 7.91. The summed E-state index contributed by atoms with van der Waals surface area (Å²) in [7, 11) is -3.60. The van der Waals surface area contributed by atoms with E-state index in [4.69, 9.17) is 5.73 Å². The Kier molecular flexibility index (Phi) is 6.54. The van der Waals surface area contributed by atoms with Crippen LogP contribution in [0.15, 0.2) is 21.7 Å². The minimum Gasteiger partial charge on any atom is -0.341 e. The van der Waals surface area contributed by atoms with E-state index in [2.05, 4.69) is 6.92 Å². The van der Waals surface area contributed by atoms with Gasteiger partial charge in [0.05, 0.1) is 0 Å². The average molecular weight is 408 g/mol. The van der Waals surface area contributed by atoms with Crippen molar-refractivity contribution in [3.63, 3.8) is 0 Å². The highest BCUT2D eigenvalue weighted by Crippen LogP contribution is 2.33. The summed E-state index contributed by atoms with van der Waals surface area (Å²) in [5, 5.41) is 1.75. The van der Waals surface area contributed by atoms with Crippen LogP contribution >= 0.6 is 23.7 Å². The van der Waals surface area contributed by atoms with Gasteiger partial charge >= 0.3 is 0 Å². The summed E-state index contributed by atoms with van der Waals surface area (Å²) in [4.78, 5) is 14.8. The van der Waals surface area contributed by atoms with Crippen LogP contribution in [0.4, 0.5) is 0 Å². The van der Waals surface area contributed by atoms with Crippen molar-refractivity contribution in [2.24, 2.45) is 11.1 Å². The normalized spacial score (nSPS) is 27.9. The molecular weight excluding hydrogens is 382 g/mol. The number of carbonyl (C=O) groups excluding carboxylic acids is 1. The summed E-state index contributed by atoms with van der Waals surface area (Å²) in [6.45, 7) is 4.32. The predicted molar refractivity (Wildman–Crippen MR) is 101 cm³/mol. The fourth-order valence-corrected chi connectivity index (χ4v) is 6.32. The van der Waals surface area contributed by atoms with Gasteiger partial charge in [0.2, 0.25) is 5.91 Å². The number of hydrogen-bond acceptors (Lipinski definition) is 5. The Morgan fingerprint density at radius 3 is 2.76 bits per heavy atom. The van der Waals surface area contributed by atoms with E-state index in [0.717, 1.165) is 19.3 Å². The van der Waals surface area contributed by atoms with Crippen LogP contribution in [-0.2, 0) is 14.8 Å². The number of amides is 1. The molecule has 0 aliphatic carbocycles. The summed E-state index contributed by atoms with van der Waals surface area (Å²) in [6.07, 6.45) is 3.16. The minimum absolute atomic E-state index is 0. The first-order valence-electron chi connectivity index (χ1n) is 8.42.